The van der Waals surface area contributed by atoms with Crippen LogP contribution in [0.5, 0.6) is 0 Å². The molecule has 5 heteroatoms. The molecule has 20 heavy (non-hydrogen) atoms. The summed E-state index contributed by atoms with van der Waals surface area (Å²) < 4.78 is 10.7. The summed E-state index contributed by atoms with van der Waals surface area (Å²) in [5.74, 6) is 0.438. The van der Waals surface area contributed by atoms with Crippen LogP contribution in [0.1, 0.15) is 33.6 Å². The monoisotopic (exact) mass is 286 g/mol. The van der Waals surface area contributed by atoms with E-state index in [1.54, 1.807) is 7.11 Å². The highest BCUT2D eigenvalue weighted by Crippen LogP contribution is 2.21. The summed E-state index contributed by atoms with van der Waals surface area (Å²) in [5, 5.41) is 3.10. The zero-order valence-corrected chi connectivity index (χ0v) is 13.6. The maximum Gasteiger partial charge on any atom is 0.326 e. The first kappa shape index (κ1) is 17.4. The topological polar surface area (TPSA) is 50.8 Å². The zero-order valence-electron chi connectivity index (χ0n) is 13.6. The van der Waals surface area contributed by atoms with Gasteiger partial charge in [-0.15, -0.1) is 0 Å². The third kappa shape index (κ3) is 4.43. The van der Waals surface area contributed by atoms with Crippen molar-refractivity contribution < 1.29 is 14.3 Å². The van der Waals surface area contributed by atoms with Gasteiger partial charge in [-0.3, -0.25) is 4.79 Å². The highest BCUT2D eigenvalue weighted by atomic mass is 16.5. The molecule has 0 radical (unpaired) electrons. The highest BCUT2D eigenvalue weighted by Gasteiger charge is 2.34. The number of nitrogens with zero attached hydrogens (tertiary/aromatic N) is 1. The Kier molecular flexibility index (Phi) is 6.92. The molecule has 118 valence electrons. The molecule has 1 rings (SSSR count). The molecule has 0 aromatic rings. The summed E-state index contributed by atoms with van der Waals surface area (Å²) in [7, 11) is 3.59. The van der Waals surface area contributed by atoms with Crippen molar-refractivity contribution in [3.05, 3.63) is 0 Å². The van der Waals surface area contributed by atoms with Crippen molar-refractivity contribution in [1.29, 1.82) is 0 Å². The van der Waals surface area contributed by atoms with Gasteiger partial charge < -0.3 is 19.7 Å². The Morgan fingerprint density at radius 2 is 2.20 bits per heavy atom. The summed E-state index contributed by atoms with van der Waals surface area (Å²) in [6.45, 7) is 9.30. The van der Waals surface area contributed by atoms with E-state index < -0.39 is 5.54 Å². The molecule has 0 bridgehead atoms. The lowest BCUT2D eigenvalue weighted by atomic mass is 9.93. The molecule has 1 fully saturated rings. The van der Waals surface area contributed by atoms with Gasteiger partial charge in [0.25, 0.3) is 0 Å². The van der Waals surface area contributed by atoms with Gasteiger partial charge in [-0.05, 0) is 46.2 Å². The van der Waals surface area contributed by atoms with Crippen molar-refractivity contribution in [2.75, 3.05) is 40.4 Å². The molecule has 0 aromatic heterocycles. The first-order chi connectivity index (χ1) is 9.46. The average Bonchev–Trinajstić information content (AvgIpc) is 2.46. The van der Waals surface area contributed by atoms with Crippen LogP contribution in [0.4, 0.5) is 0 Å². The van der Waals surface area contributed by atoms with Crippen LogP contribution in [-0.2, 0) is 14.3 Å². The Bertz CT molecular complexity index is 311. The predicted octanol–water partition coefficient (Wildman–Crippen LogP) is 1.27. The second kappa shape index (κ2) is 7.96. The number of hydrogen-bond donors (Lipinski definition) is 1. The number of piperidine rings is 1. The number of methoxy groups -OCH3 is 1. The van der Waals surface area contributed by atoms with Crippen molar-refractivity contribution >= 4 is 5.97 Å². The number of likely N-dealkylation sites (tertiary alicyclic amines) is 1. The molecule has 3 unspecified atom stereocenters. The summed E-state index contributed by atoms with van der Waals surface area (Å²) in [6.07, 6.45) is 2.19. The van der Waals surface area contributed by atoms with Crippen molar-refractivity contribution in [3.63, 3.8) is 0 Å². The van der Waals surface area contributed by atoms with Crippen LogP contribution in [-0.4, -0.2) is 62.9 Å². The fraction of sp³-hybridized carbons (Fsp3) is 0.933. The number of carbonyl (C=O) groups is 1. The molecule has 0 spiro atoms. The van der Waals surface area contributed by atoms with E-state index in [0.717, 1.165) is 32.5 Å². The Labute approximate surface area is 123 Å². The molecule has 0 aliphatic carbocycles. The van der Waals surface area contributed by atoms with Gasteiger partial charge >= 0.3 is 5.97 Å². The van der Waals surface area contributed by atoms with Gasteiger partial charge in [0.1, 0.15) is 5.54 Å². The Balaban J connectivity index is 2.50. The second-order valence-corrected chi connectivity index (χ2v) is 5.89. The van der Waals surface area contributed by atoms with Crippen LogP contribution >= 0.6 is 0 Å². The Morgan fingerprint density at radius 3 is 2.75 bits per heavy atom. The lowest BCUT2D eigenvalue weighted by molar-refractivity contribution is -0.150. The van der Waals surface area contributed by atoms with E-state index >= 15 is 0 Å². The van der Waals surface area contributed by atoms with Crippen LogP contribution in [0.15, 0.2) is 0 Å². The maximum absolute atomic E-state index is 12.0. The fourth-order valence-electron chi connectivity index (χ4n) is 2.61. The SMILES string of the molecule is CCOC(=O)C(C)(CCN1CCC(C)C(OC)C1)NC. The minimum atomic E-state index is -0.609. The van der Waals surface area contributed by atoms with Crippen molar-refractivity contribution in [2.45, 2.75) is 45.3 Å². The number of ether oxygens (including phenoxy) is 2. The number of likely N-dealkylation sites (N-methyl/N-ethyl adjacent to an activating group) is 1. The second-order valence-electron chi connectivity index (χ2n) is 5.89. The van der Waals surface area contributed by atoms with E-state index in [2.05, 4.69) is 17.1 Å². The molecule has 0 saturated carbocycles. The molecular weight excluding hydrogens is 256 g/mol. The van der Waals surface area contributed by atoms with E-state index in [-0.39, 0.29) is 5.97 Å². The fourth-order valence-corrected chi connectivity index (χ4v) is 2.61. The lowest BCUT2D eigenvalue weighted by Crippen LogP contribution is -2.52. The number of carbonyl (C=O) groups excluding carboxylic acids is 1. The molecule has 5 nitrogen and oxygen atoms in total. The number of hydrogen-bond acceptors (Lipinski definition) is 5. The van der Waals surface area contributed by atoms with E-state index in [9.17, 15) is 4.79 Å². The van der Waals surface area contributed by atoms with Crippen LogP contribution < -0.4 is 5.32 Å². The summed E-state index contributed by atoms with van der Waals surface area (Å²) in [4.78, 5) is 14.4. The number of nitrogens with one attached hydrogen (secondary N) is 1. The minimum Gasteiger partial charge on any atom is -0.465 e. The van der Waals surface area contributed by atoms with Crippen LogP contribution in [0.25, 0.3) is 0 Å². The summed E-state index contributed by atoms with van der Waals surface area (Å²) in [5.41, 5.74) is -0.609. The molecule has 0 aromatic carbocycles. The van der Waals surface area contributed by atoms with E-state index in [1.807, 2.05) is 20.9 Å². The smallest absolute Gasteiger partial charge is 0.326 e. The highest BCUT2D eigenvalue weighted by molar-refractivity contribution is 5.80. The molecular formula is C15H30N2O3. The number of rotatable bonds is 7. The molecule has 1 aliphatic heterocycles. The third-order valence-electron chi connectivity index (χ3n) is 4.48. The number of esters is 1. The first-order valence-corrected chi connectivity index (χ1v) is 7.58. The van der Waals surface area contributed by atoms with E-state index in [1.165, 1.54) is 0 Å². The van der Waals surface area contributed by atoms with Crippen LogP contribution in [0.3, 0.4) is 0 Å². The normalized spacial score (nSPS) is 27.1. The van der Waals surface area contributed by atoms with Gasteiger partial charge in [-0.2, -0.15) is 0 Å². The van der Waals surface area contributed by atoms with Gasteiger partial charge in [0, 0.05) is 20.2 Å². The van der Waals surface area contributed by atoms with Crippen molar-refractivity contribution in [2.24, 2.45) is 5.92 Å². The zero-order chi connectivity index (χ0) is 15.2. The van der Waals surface area contributed by atoms with Crippen LogP contribution in [0.2, 0.25) is 0 Å². The standard InChI is InChI=1S/C15H30N2O3/c1-6-20-14(18)15(3,16-4)8-10-17-9-7-12(2)13(11-17)19-5/h12-13,16H,6-11H2,1-5H3. The molecule has 1 saturated heterocycles. The molecule has 1 aliphatic rings. The molecule has 1 heterocycles. The molecule has 1 N–H and O–H groups in total. The van der Waals surface area contributed by atoms with E-state index in [4.69, 9.17) is 9.47 Å². The molecule has 3 atom stereocenters. The first-order valence-electron chi connectivity index (χ1n) is 7.58. The van der Waals surface area contributed by atoms with Gasteiger partial charge in [-0.25, -0.2) is 0 Å². The van der Waals surface area contributed by atoms with Gasteiger partial charge in [-0.1, -0.05) is 6.92 Å². The average molecular weight is 286 g/mol. The predicted molar refractivity (Wildman–Crippen MR) is 79.7 cm³/mol. The minimum absolute atomic E-state index is 0.170. The third-order valence-corrected chi connectivity index (χ3v) is 4.48. The maximum atomic E-state index is 12.0. The summed E-state index contributed by atoms with van der Waals surface area (Å²) >= 11 is 0. The largest absolute Gasteiger partial charge is 0.465 e. The Hall–Kier alpha value is -0.650. The summed E-state index contributed by atoms with van der Waals surface area (Å²) in [6, 6.07) is 0. The van der Waals surface area contributed by atoms with Crippen molar-refractivity contribution in [3.8, 4) is 0 Å². The van der Waals surface area contributed by atoms with E-state index in [0.29, 0.717) is 18.6 Å². The van der Waals surface area contributed by atoms with Gasteiger partial charge in [0.05, 0.1) is 12.7 Å². The van der Waals surface area contributed by atoms with Gasteiger partial charge in [0.15, 0.2) is 0 Å². The lowest BCUT2D eigenvalue weighted by Gasteiger charge is -2.37. The quantitative estimate of drug-likeness (QED) is 0.714. The van der Waals surface area contributed by atoms with Crippen molar-refractivity contribution in [1.82, 2.24) is 10.2 Å². The van der Waals surface area contributed by atoms with Gasteiger partial charge in [0.2, 0.25) is 0 Å². The molecule has 0 amide bonds. The Morgan fingerprint density at radius 1 is 1.50 bits per heavy atom. The van der Waals surface area contributed by atoms with Crippen LogP contribution in [0, 0.1) is 5.92 Å².